The Balaban J connectivity index is 1.55. The number of carbonyl (C=O) groups is 1. The van der Waals surface area contributed by atoms with E-state index < -0.39 is 0 Å². The van der Waals surface area contributed by atoms with Gasteiger partial charge in [-0.25, -0.2) is 0 Å². The Morgan fingerprint density at radius 1 is 1.19 bits per heavy atom. The van der Waals surface area contributed by atoms with Crippen LogP contribution in [-0.4, -0.2) is 18.5 Å². The van der Waals surface area contributed by atoms with Crippen LogP contribution >= 0.6 is 0 Å². The molecular weight excluding hydrogens is 260 g/mol. The molecule has 3 nitrogen and oxygen atoms in total. The summed E-state index contributed by atoms with van der Waals surface area (Å²) in [6.45, 7) is 5.47. The highest BCUT2D eigenvalue weighted by Crippen LogP contribution is 2.33. The zero-order valence-corrected chi connectivity index (χ0v) is 13.1. The van der Waals surface area contributed by atoms with Gasteiger partial charge in [-0.05, 0) is 42.7 Å². The van der Waals surface area contributed by atoms with Crippen molar-refractivity contribution in [2.24, 2.45) is 11.8 Å². The van der Waals surface area contributed by atoms with E-state index in [1.165, 1.54) is 17.7 Å². The van der Waals surface area contributed by atoms with Crippen LogP contribution in [0.1, 0.15) is 51.0 Å². The van der Waals surface area contributed by atoms with Crippen molar-refractivity contribution in [2.45, 2.75) is 51.5 Å². The average molecular weight is 286 g/mol. The molecule has 114 valence electrons. The summed E-state index contributed by atoms with van der Waals surface area (Å²) in [5.74, 6) is 1.99. The normalized spacial score (nSPS) is 31.3. The number of amides is 1. The Morgan fingerprint density at radius 3 is 2.67 bits per heavy atom. The van der Waals surface area contributed by atoms with Gasteiger partial charge in [-0.2, -0.15) is 0 Å². The highest BCUT2D eigenvalue weighted by atomic mass is 16.1. The summed E-state index contributed by atoms with van der Waals surface area (Å²) < 4.78 is 0. The SMILES string of the molecule is CC1CC(C)CC(NC(=O)CC2CNc3ccccc32)C1. The largest absolute Gasteiger partial charge is 0.384 e. The third kappa shape index (κ3) is 3.39. The first-order valence-corrected chi connectivity index (χ1v) is 8.24. The Bertz CT molecular complexity index is 504. The summed E-state index contributed by atoms with van der Waals surface area (Å²) >= 11 is 0. The number of anilines is 1. The fraction of sp³-hybridized carbons (Fsp3) is 0.611. The molecule has 2 N–H and O–H groups in total. The molecule has 2 aliphatic rings. The molecule has 1 amide bonds. The Morgan fingerprint density at radius 2 is 1.90 bits per heavy atom. The van der Waals surface area contributed by atoms with Gasteiger partial charge >= 0.3 is 0 Å². The minimum atomic E-state index is 0.213. The maximum absolute atomic E-state index is 12.4. The van der Waals surface area contributed by atoms with Gasteiger partial charge in [0.05, 0.1) is 0 Å². The summed E-state index contributed by atoms with van der Waals surface area (Å²) in [4.78, 5) is 12.4. The number of para-hydroxylation sites is 1. The summed E-state index contributed by atoms with van der Waals surface area (Å²) in [5, 5.41) is 6.66. The van der Waals surface area contributed by atoms with Crippen molar-refractivity contribution in [3.63, 3.8) is 0 Å². The second-order valence-corrected chi connectivity index (χ2v) is 7.05. The maximum Gasteiger partial charge on any atom is 0.220 e. The second-order valence-electron chi connectivity index (χ2n) is 7.05. The highest BCUT2D eigenvalue weighted by molar-refractivity contribution is 5.78. The van der Waals surface area contributed by atoms with Gasteiger partial charge in [0.25, 0.3) is 0 Å². The van der Waals surface area contributed by atoms with E-state index in [0.717, 1.165) is 31.2 Å². The standard InChI is InChI=1S/C18H26N2O/c1-12-7-13(2)9-15(8-12)20-18(21)10-14-11-19-17-6-4-3-5-16(14)17/h3-6,12-15,19H,7-11H2,1-2H3,(H,20,21). The zero-order chi connectivity index (χ0) is 14.8. The van der Waals surface area contributed by atoms with Gasteiger partial charge in [-0.3, -0.25) is 4.79 Å². The molecule has 1 aliphatic carbocycles. The van der Waals surface area contributed by atoms with Crippen molar-refractivity contribution in [1.82, 2.24) is 5.32 Å². The molecule has 0 aromatic heterocycles. The van der Waals surface area contributed by atoms with Gasteiger partial charge in [-0.15, -0.1) is 0 Å². The fourth-order valence-corrected chi connectivity index (χ4v) is 4.11. The Kier molecular flexibility index (Phi) is 4.18. The molecule has 3 rings (SSSR count). The summed E-state index contributed by atoms with van der Waals surface area (Å²) in [6, 6.07) is 8.71. The highest BCUT2D eigenvalue weighted by Gasteiger charge is 2.28. The van der Waals surface area contributed by atoms with E-state index in [9.17, 15) is 4.79 Å². The lowest BCUT2D eigenvalue weighted by Crippen LogP contribution is -2.40. The third-order valence-corrected chi connectivity index (χ3v) is 4.91. The van der Waals surface area contributed by atoms with E-state index in [1.54, 1.807) is 0 Å². The first-order chi connectivity index (χ1) is 10.1. The number of hydrogen-bond acceptors (Lipinski definition) is 2. The molecule has 1 aliphatic heterocycles. The van der Waals surface area contributed by atoms with Gasteiger partial charge in [0, 0.05) is 30.6 Å². The molecule has 0 spiro atoms. The predicted octanol–water partition coefficient (Wildman–Crippen LogP) is 3.53. The molecular formula is C18H26N2O. The van der Waals surface area contributed by atoms with E-state index in [2.05, 4.69) is 42.7 Å². The molecule has 0 radical (unpaired) electrons. The van der Waals surface area contributed by atoms with Gasteiger partial charge in [-0.1, -0.05) is 32.0 Å². The Hall–Kier alpha value is -1.51. The lowest BCUT2D eigenvalue weighted by atomic mass is 9.80. The summed E-state index contributed by atoms with van der Waals surface area (Å²) in [6.07, 6.45) is 4.17. The summed E-state index contributed by atoms with van der Waals surface area (Å²) in [5.41, 5.74) is 2.48. The molecule has 3 heteroatoms. The van der Waals surface area contributed by atoms with Gasteiger partial charge in [0.15, 0.2) is 0 Å². The van der Waals surface area contributed by atoms with Crippen LogP contribution in [-0.2, 0) is 4.79 Å². The number of nitrogens with one attached hydrogen (secondary N) is 2. The third-order valence-electron chi connectivity index (χ3n) is 4.91. The topological polar surface area (TPSA) is 41.1 Å². The smallest absolute Gasteiger partial charge is 0.220 e. The lowest BCUT2D eigenvalue weighted by Gasteiger charge is -2.32. The van der Waals surface area contributed by atoms with E-state index in [4.69, 9.17) is 0 Å². The monoisotopic (exact) mass is 286 g/mol. The zero-order valence-electron chi connectivity index (χ0n) is 13.1. The van der Waals surface area contributed by atoms with Crippen LogP contribution in [0.25, 0.3) is 0 Å². The van der Waals surface area contributed by atoms with Crippen molar-refractivity contribution in [3.8, 4) is 0 Å². The molecule has 3 unspecified atom stereocenters. The molecule has 1 saturated carbocycles. The maximum atomic E-state index is 12.4. The molecule has 0 bridgehead atoms. The number of carbonyl (C=O) groups excluding carboxylic acids is 1. The molecule has 0 saturated heterocycles. The van der Waals surface area contributed by atoms with Crippen LogP contribution in [0.4, 0.5) is 5.69 Å². The fourth-order valence-electron chi connectivity index (χ4n) is 4.11. The van der Waals surface area contributed by atoms with Crippen LogP contribution in [0.15, 0.2) is 24.3 Å². The van der Waals surface area contributed by atoms with Crippen molar-refractivity contribution in [1.29, 1.82) is 0 Å². The van der Waals surface area contributed by atoms with Gasteiger partial charge in [0.2, 0.25) is 5.91 Å². The minimum Gasteiger partial charge on any atom is -0.384 e. The van der Waals surface area contributed by atoms with Crippen molar-refractivity contribution < 1.29 is 4.79 Å². The van der Waals surface area contributed by atoms with Crippen LogP contribution in [0.2, 0.25) is 0 Å². The van der Waals surface area contributed by atoms with Crippen LogP contribution < -0.4 is 10.6 Å². The van der Waals surface area contributed by atoms with Crippen LogP contribution in [0, 0.1) is 11.8 Å². The molecule has 1 aromatic rings. The molecule has 3 atom stereocenters. The number of fused-ring (bicyclic) bond motifs is 1. The first-order valence-electron chi connectivity index (χ1n) is 8.24. The number of rotatable bonds is 3. The van der Waals surface area contributed by atoms with E-state index in [-0.39, 0.29) is 5.91 Å². The van der Waals surface area contributed by atoms with Crippen LogP contribution in [0.5, 0.6) is 0 Å². The van der Waals surface area contributed by atoms with Crippen molar-refractivity contribution >= 4 is 11.6 Å². The first kappa shape index (κ1) is 14.4. The van der Waals surface area contributed by atoms with Crippen molar-refractivity contribution in [3.05, 3.63) is 29.8 Å². The molecule has 1 aromatic carbocycles. The minimum absolute atomic E-state index is 0.213. The van der Waals surface area contributed by atoms with E-state index >= 15 is 0 Å². The second kappa shape index (κ2) is 6.08. The van der Waals surface area contributed by atoms with E-state index in [0.29, 0.717) is 18.4 Å². The number of hydrogen-bond donors (Lipinski definition) is 2. The average Bonchev–Trinajstić information content (AvgIpc) is 2.81. The lowest BCUT2D eigenvalue weighted by molar-refractivity contribution is -0.122. The predicted molar refractivity (Wildman–Crippen MR) is 86.4 cm³/mol. The Labute approximate surface area is 127 Å². The van der Waals surface area contributed by atoms with Gasteiger partial charge < -0.3 is 10.6 Å². The number of benzene rings is 1. The molecule has 1 heterocycles. The van der Waals surface area contributed by atoms with Gasteiger partial charge in [0.1, 0.15) is 0 Å². The summed E-state index contributed by atoms with van der Waals surface area (Å²) in [7, 11) is 0. The molecule has 1 fully saturated rings. The quantitative estimate of drug-likeness (QED) is 0.892. The van der Waals surface area contributed by atoms with Crippen LogP contribution in [0.3, 0.4) is 0 Å². The van der Waals surface area contributed by atoms with E-state index in [1.807, 2.05) is 6.07 Å². The molecule has 21 heavy (non-hydrogen) atoms. The van der Waals surface area contributed by atoms with Crippen molar-refractivity contribution in [2.75, 3.05) is 11.9 Å².